The van der Waals surface area contributed by atoms with E-state index in [1.807, 2.05) is 0 Å². The third-order valence-corrected chi connectivity index (χ3v) is 9.61. The predicted molar refractivity (Wildman–Crippen MR) is 201 cm³/mol. The molecule has 3 heterocycles. The molecule has 4 nitrogen and oxygen atoms in total. The molecule has 0 amide bonds. The molecule has 0 saturated heterocycles. The summed E-state index contributed by atoms with van der Waals surface area (Å²) in [6.45, 7) is 0. The second-order valence-corrected chi connectivity index (χ2v) is 12.3. The van der Waals surface area contributed by atoms with Crippen LogP contribution in [0.4, 0.5) is 34.1 Å². The highest BCUT2D eigenvalue weighted by atomic mass is 15.3. The first-order valence-corrected chi connectivity index (χ1v) is 16.4. The van der Waals surface area contributed by atoms with E-state index in [0.717, 1.165) is 45.5 Å². The summed E-state index contributed by atoms with van der Waals surface area (Å²) in [5.74, 6) is 0. The number of nitrogens with zero attached hydrogens (tertiary/aromatic N) is 4. The minimum absolute atomic E-state index is 1.11. The van der Waals surface area contributed by atoms with Crippen LogP contribution < -0.4 is 9.80 Å². The minimum atomic E-state index is 1.11. The average molecular weight is 615 g/mol. The Morgan fingerprint density at radius 1 is 0.333 bits per heavy atom. The highest BCUT2D eigenvalue weighted by Crippen LogP contribution is 2.54. The Labute approximate surface area is 278 Å². The summed E-state index contributed by atoms with van der Waals surface area (Å²) in [6, 6.07) is 63.2. The summed E-state index contributed by atoms with van der Waals surface area (Å²) in [6.07, 6.45) is 2.19. The molecule has 0 bridgehead atoms. The molecule has 0 saturated carbocycles. The normalized spacial score (nSPS) is 12.5. The lowest BCUT2D eigenvalue weighted by Gasteiger charge is -2.40. The fourth-order valence-electron chi connectivity index (χ4n) is 7.59. The zero-order chi connectivity index (χ0) is 31.6. The molecule has 1 aliphatic heterocycles. The number of para-hydroxylation sites is 7. The molecule has 2 aromatic heterocycles. The maximum atomic E-state index is 2.45. The van der Waals surface area contributed by atoms with Gasteiger partial charge >= 0.3 is 0 Å². The van der Waals surface area contributed by atoms with Crippen molar-refractivity contribution in [2.45, 2.75) is 0 Å². The van der Waals surface area contributed by atoms with Gasteiger partial charge in [0.1, 0.15) is 0 Å². The lowest BCUT2D eigenvalue weighted by molar-refractivity contribution is 1.11. The second kappa shape index (κ2) is 10.5. The molecule has 0 spiro atoms. The van der Waals surface area contributed by atoms with E-state index in [1.54, 1.807) is 0 Å². The Morgan fingerprint density at radius 2 is 0.875 bits per heavy atom. The van der Waals surface area contributed by atoms with Crippen molar-refractivity contribution in [2.24, 2.45) is 0 Å². The number of benzene rings is 7. The minimum Gasteiger partial charge on any atom is -0.315 e. The summed E-state index contributed by atoms with van der Waals surface area (Å²) in [4.78, 5) is 4.77. The van der Waals surface area contributed by atoms with Gasteiger partial charge in [-0.15, -0.1) is 0 Å². The van der Waals surface area contributed by atoms with Crippen LogP contribution in [-0.2, 0) is 0 Å². The molecule has 48 heavy (non-hydrogen) atoms. The molecule has 10 rings (SSSR count). The van der Waals surface area contributed by atoms with E-state index in [4.69, 9.17) is 0 Å². The quantitative estimate of drug-likeness (QED) is 0.196. The third kappa shape index (κ3) is 3.90. The molecule has 0 aliphatic carbocycles. The largest absolute Gasteiger partial charge is 0.315 e. The van der Waals surface area contributed by atoms with Crippen LogP contribution in [0.1, 0.15) is 0 Å². The van der Waals surface area contributed by atoms with Crippen molar-refractivity contribution >= 4 is 66.8 Å². The Morgan fingerprint density at radius 3 is 1.56 bits per heavy atom. The first-order chi connectivity index (χ1) is 23.8. The van der Waals surface area contributed by atoms with Gasteiger partial charge in [-0.25, -0.2) is 0 Å². The molecule has 9 aromatic rings. The van der Waals surface area contributed by atoms with Gasteiger partial charge in [-0.2, -0.15) is 0 Å². The van der Waals surface area contributed by atoms with Gasteiger partial charge in [-0.3, -0.25) is 0 Å². The van der Waals surface area contributed by atoms with Gasteiger partial charge in [0.05, 0.1) is 39.3 Å². The van der Waals surface area contributed by atoms with Crippen LogP contribution in [0.25, 0.3) is 44.1 Å². The van der Waals surface area contributed by atoms with Crippen LogP contribution in [0.15, 0.2) is 182 Å². The van der Waals surface area contributed by atoms with Crippen LogP contribution in [0, 0.1) is 0 Å². The highest BCUT2D eigenvalue weighted by Gasteiger charge is 2.30. The van der Waals surface area contributed by atoms with Crippen molar-refractivity contribution in [3.05, 3.63) is 182 Å². The lowest BCUT2D eigenvalue weighted by atomic mass is 10.0. The maximum Gasteiger partial charge on any atom is 0.0788 e. The van der Waals surface area contributed by atoms with E-state index in [-0.39, 0.29) is 0 Å². The summed E-state index contributed by atoms with van der Waals surface area (Å²) < 4.78 is 4.78. The van der Waals surface area contributed by atoms with E-state index in [9.17, 15) is 0 Å². The molecule has 4 heteroatoms. The standard InChI is InChI=1S/C44H30N4/c1-3-14-32(15-4-1)45-29-28-31-26-27-37-36-20-7-8-21-38(36)48(44(37)43(31)45)35-19-13-18-34(30-35)47-41-24-11-9-22-39(41)46(33-16-5-2-6-17-33)40-23-10-12-25-42(40)47/h1-30H. The topological polar surface area (TPSA) is 16.3 Å². The molecule has 0 unspecified atom stereocenters. The van der Waals surface area contributed by atoms with E-state index in [0.29, 0.717) is 0 Å². The SMILES string of the molecule is c1ccc(N2c3ccccc3N(c3cccc(-n4c5ccccc5c5ccc6ccn(-c7ccccc7)c6c54)c3)c3ccccc32)cc1. The highest BCUT2D eigenvalue weighted by molar-refractivity contribution is 6.18. The molecular formula is C44H30N4. The van der Waals surface area contributed by atoms with Crippen LogP contribution in [-0.4, -0.2) is 9.13 Å². The van der Waals surface area contributed by atoms with Gasteiger partial charge in [0.2, 0.25) is 0 Å². The van der Waals surface area contributed by atoms with E-state index >= 15 is 0 Å². The first kappa shape index (κ1) is 26.7. The Bertz CT molecular complexity index is 2580. The molecule has 0 N–H and O–H groups in total. The van der Waals surface area contributed by atoms with Gasteiger partial charge in [0.15, 0.2) is 0 Å². The van der Waals surface area contributed by atoms with Gasteiger partial charge in [-0.05, 0) is 78.9 Å². The number of aromatic nitrogens is 2. The Hall–Kier alpha value is -6.52. The summed E-state index contributed by atoms with van der Waals surface area (Å²) in [5.41, 5.74) is 12.7. The zero-order valence-corrected chi connectivity index (χ0v) is 26.1. The predicted octanol–water partition coefficient (Wildman–Crippen LogP) is 12.0. The van der Waals surface area contributed by atoms with Crippen LogP contribution >= 0.6 is 0 Å². The number of rotatable bonds is 4. The van der Waals surface area contributed by atoms with Crippen molar-refractivity contribution in [2.75, 3.05) is 9.80 Å². The van der Waals surface area contributed by atoms with Gasteiger partial charge in [-0.1, -0.05) is 97.1 Å². The van der Waals surface area contributed by atoms with E-state index in [1.165, 1.54) is 32.7 Å². The van der Waals surface area contributed by atoms with Crippen molar-refractivity contribution in [3.63, 3.8) is 0 Å². The fourth-order valence-corrected chi connectivity index (χ4v) is 7.59. The molecule has 0 radical (unpaired) electrons. The first-order valence-electron chi connectivity index (χ1n) is 16.4. The zero-order valence-electron chi connectivity index (χ0n) is 26.1. The monoisotopic (exact) mass is 614 g/mol. The molecule has 0 fully saturated rings. The molecule has 7 aromatic carbocycles. The van der Waals surface area contributed by atoms with E-state index < -0.39 is 0 Å². The van der Waals surface area contributed by atoms with Crippen molar-refractivity contribution < 1.29 is 0 Å². The third-order valence-electron chi connectivity index (χ3n) is 9.61. The Balaban J connectivity index is 1.23. The van der Waals surface area contributed by atoms with Crippen molar-refractivity contribution in [1.82, 2.24) is 9.13 Å². The number of hydrogen-bond acceptors (Lipinski definition) is 2. The summed E-state index contributed by atoms with van der Waals surface area (Å²) in [5, 5.41) is 3.70. The lowest BCUT2D eigenvalue weighted by Crippen LogP contribution is -2.23. The van der Waals surface area contributed by atoms with Gasteiger partial charge in [0.25, 0.3) is 0 Å². The summed E-state index contributed by atoms with van der Waals surface area (Å²) in [7, 11) is 0. The van der Waals surface area contributed by atoms with E-state index in [2.05, 4.69) is 201 Å². The maximum absolute atomic E-state index is 2.45. The van der Waals surface area contributed by atoms with Crippen molar-refractivity contribution in [3.8, 4) is 11.4 Å². The van der Waals surface area contributed by atoms with Crippen molar-refractivity contribution in [1.29, 1.82) is 0 Å². The molecule has 226 valence electrons. The van der Waals surface area contributed by atoms with Crippen LogP contribution in [0.5, 0.6) is 0 Å². The Kier molecular flexibility index (Phi) is 5.84. The molecule has 0 atom stereocenters. The average Bonchev–Trinajstić information content (AvgIpc) is 3.74. The fraction of sp³-hybridized carbons (Fsp3) is 0. The molecular weight excluding hydrogens is 585 g/mol. The second-order valence-electron chi connectivity index (χ2n) is 12.3. The molecule has 1 aliphatic rings. The number of hydrogen-bond donors (Lipinski definition) is 0. The smallest absolute Gasteiger partial charge is 0.0788 e. The van der Waals surface area contributed by atoms with Crippen LogP contribution in [0.3, 0.4) is 0 Å². The number of anilines is 6. The van der Waals surface area contributed by atoms with Gasteiger partial charge < -0.3 is 18.9 Å². The van der Waals surface area contributed by atoms with Gasteiger partial charge in [0, 0.05) is 45.1 Å². The summed E-state index contributed by atoms with van der Waals surface area (Å²) >= 11 is 0. The number of fused-ring (bicyclic) bond motifs is 7. The van der Waals surface area contributed by atoms with Crippen LogP contribution in [0.2, 0.25) is 0 Å².